The van der Waals surface area contributed by atoms with Gasteiger partial charge in [0.15, 0.2) is 6.19 Å². The van der Waals surface area contributed by atoms with Crippen molar-refractivity contribution in [2.24, 2.45) is 0 Å². The molecule has 0 atom stereocenters. The molecule has 2 rings (SSSR count). The van der Waals surface area contributed by atoms with Crippen molar-refractivity contribution in [2.75, 3.05) is 0 Å². The van der Waals surface area contributed by atoms with E-state index in [-0.39, 0.29) is 5.82 Å². The molecule has 0 saturated carbocycles. The summed E-state index contributed by atoms with van der Waals surface area (Å²) in [7, 11) is 0. The van der Waals surface area contributed by atoms with Crippen LogP contribution in [0.3, 0.4) is 0 Å². The standard InChI is InChI=1S/C9H5FN2/c10-8-1-2-9-7(5-8)3-4-12(9)6-11/h1-5H. The van der Waals surface area contributed by atoms with Crippen LogP contribution < -0.4 is 0 Å². The van der Waals surface area contributed by atoms with Gasteiger partial charge in [0, 0.05) is 11.6 Å². The Morgan fingerprint density at radius 3 is 2.92 bits per heavy atom. The molecule has 2 nitrogen and oxygen atoms in total. The summed E-state index contributed by atoms with van der Waals surface area (Å²) in [6.07, 6.45) is 3.58. The van der Waals surface area contributed by atoms with E-state index in [1.807, 2.05) is 6.19 Å². The summed E-state index contributed by atoms with van der Waals surface area (Å²) in [5.74, 6) is -0.279. The molecule has 0 unspecified atom stereocenters. The zero-order valence-electron chi connectivity index (χ0n) is 6.16. The zero-order chi connectivity index (χ0) is 8.55. The molecule has 2 aromatic rings. The monoisotopic (exact) mass is 160 g/mol. The van der Waals surface area contributed by atoms with Gasteiger partial charge in [-0.3, -0.25) is 4.57 Å². The highest BCUT2D eigenvalue weighted by molar-refractivity contribution is 5.80. The third-order valence-electron chi connectivity index (χ3n) is 1.76. The lowest BCUT2D eigenvalue weighted by Gasteiger charge is -1.91. The van der Waals surface area contributed by atoms with Gasteiger partial charge in [0.2, 0.25) is 0 Å². The highest BCUT2D eigenvalue weighted by atomic mass is 19.1. The summed E-state index contributed by atoms with van der Waals surface area (Å²) in [6.45, 7) is 0. The Morgan fingerprint density at radius 1 is 1.33 bits per heavy atom. The van der Waals surface area contributed by atoms with Gasteiger partial charge >= 0.3 is 0 Å². The van der Waals surface area contributed by atoms with Crippen molar-refractivity contribution >= 4 is 10.9 Å². The normalized spacial score (nSPS) is 10.0. The first kappa shape index (κ1) is 6.86. The average molecular weight is 160 g/mol. The van der Waals surface area contributed by atoms with Crippen LogP contribution in [0.25, 0.3) is 10.9 Å². The predicted molar refractivity (Wildman–Crippen MR) is 42.9 cm³/mol. The van der Waals surface area contributed by atoms with Crippen LogP contribution in [-0.4, -0.2) is 4.57 Å². The van der Waals surface area contributed by atoms with Gasteiger partial charge in [0.25, 0.3) is 0 Å². The van der Waals surface area contributed by atoms with Crippen LogP contribution in [0.4, 0.5) is 4.39 Å². The number of fused-ring (bicyclic) bond motifs is 1. The van der Waals surface area contributed by atoms with E-state index in [0.29, 0.717) is 0 Å². The van der Waals surface area contributed by atoms with Crippen molar-refractivity contribution in [1.82, 2.24) is 4.57 Å². The number of aromatic nitrogens is 1. The van der Waals surface area contributed by atoms with E-state index in [9.17, 15) is 4.39 Å². The predicted octanol–water partition coefficient (Wildman–Crippen LogP) is 2.11. The molecule has 58 valence electrons. The molecule has 3 heteroatoms. The molecule has 1 aromatic heterocycles. The van der Waals surface area contributed by atoms with Crippen LogP contribution in [0, 0.1) is 17.3 Å². The maximum Gasteiger partial charge on any atom is 0.188 e. The van der Waals surface area contributed by atoms with Gasteiger partial charge in [-0.05, 0) is 24.3 Å². The van der Waals surface area contributed by atoms with Gasteiger partial charge in [-0.1, -0.05) is 0 Å². The number of rotatable bonds is 0. The minimum absolute atomic E-state index is 0.279. The molecular weight excluding hydrogens is 155 g/mol. The SMILES string of the molecule is N#Cn1ccc2cc(F)ccc21. The summed E-state index contributed by atoms with van der Waals surface area (Å²) in [4.78, 5) is 0. The third-order valence-corrected chi connectivity index (χ3v) is 1.76. The average Bonchev–Trinajstić information content (AvgIpc) is 2.46. The van der Waals surface area contributed by atoms with E-state index in [1.54, 1.807) is 18.3 Å². The molecule has 0 aliphatic rings. The van der Waals surface area contributed by atoms with E-state index >= 15 is 0 Å². The molecule has 1 heterocycles. The van der Waals surface area contributed by atoms with E-state index in [2.05, 4.69) is 0 Å². The molecule has 0 aliphatic carbocycles. The summed E-state index contributed by atoms with van der Waals surface area (Å²) in [5.41, 5.74) is 0.735. The largest absolute Gasteiger partial charge is 0.254 e. The third kappa shape index (κ3) is 0.857. The number of halogens is 1. The maximum absolute atomic E-state index is 12.7. The van der Waals surface area contributed by atoms with Gasteiger partial charge in [0.1, 0.15) is 5.82 Å². The van der Waals surface area contributed by atoms with Crippen molar-refractivity contribution in [1.29, 1.82) is 5.26 Å². The minimum Gasteiger partial charge on any atom is -0.254 e. The Morgan fingerprint density at radius 2 is 2.17 bits per heavy atom. The number of hydrogen-bond donors (Lipinski definition) is 0. The molecule has 0 saturated heterocycles. The number of hydrogen-bond acceptors (Lipinski definition) is 1. The smallest absolute Gasteiger partial charge is 0.188 e. The lowest BCUT2D eigenvalue weighted by atomic mass is 10.2. The first-order chi connectivity index (χ1) is 5.81. The molecule has 1 aromatic carbocycles. The summed E-state index contributed by atoms with van der Waals surface area (Å²) < 4.78 is 14.1. The number of benzene rings is 1. The van der Waals surface area contributed by atoms with Crippen molar-refractivity contribution in [3.05, 3.63) is 36.3 Å². The Balaban J connectivity index is 2.84. The van der Waals surface area contributed by atoms with Gasteiger partial charge in [-0.2, -0.15) is 5.26 Å². The van der Waals surface area contributed by atoms with Crippen LogP contribution in [-0.2, 0) is 0 Å². The molecule has 0 amide bonds. The Kier molecular flexibility index (Phi) is 1.34. The Labute approximate surface area is 68.5 Å². The molecule has 0 radical (unpaired) electrons. The lowest BCUT2D eigenvalue weighted by Crippen LogP contribution is -1.83. The van der Waals surface area contributed by atoms with Crippen LogP contribution in [0.2, 0.25) is 0 Å². The van der Waals surface area contributed by atoms with E-state index in [1.165, 1.54) is 16.7 Å². The van der Waals surface area contributed by atoms with Crippen molar-refractivity contribution < 1.29 is 4.39 Å². The fourth-order valence-corrected chi connectivity index (χ4v) is 1.20. The molecule has 0 aliphatic heterocycles. The topological polar surface area (TPSA) is 28.7 Å². The van der Waals surface area contributed by atoms with Crippen LogP contribution >= 0.6 is 0 Å². The molecule has 0 spiro atoms. The molecular formula is C9H5FN2. The van der Waals surface area contributed by atoms with Crippen LogP contribution in [0.15, 0.2) is 30.5 Å². The van der Waals surface area contributed by atoms with Crippen LogP contribution in [0.1, 0.15) is 0 Å². The summed E-state index contributed by atoms with van der Waals surface area (Å²) >= 11 is 0. The second kappa shape index (κ2) is 2.35. The molecule has 12 heavy (non-hydrogen) atoms. The number of nitrogens with zero attached hydrogens (tertiary/aromatic N) is 2. The highest BCUT2D eigenvalue weighted by Crippen LogP contribution is 2.15. The quantitative estimate of drug-likeness (QED) is 0.580. The van der Waals surface area contributed by atoms with Crippen molar-refractivity contribution in [2.45, 2.75) is 0 Å². The van der Waals surface area contributed by atoms with Crippen LogP contribution in [0.5, 0.6) is 0 Å². The van der Waals surface area contributed by atoms with Gasteiger partial charge in [-0.15, -0.1) is 0 Å². The van der Waals surface area contributed by atoms with E-state index in [0.717, 1.165) is 10.9 Å². The second-order valence-electron chi connectivity index (χ2n) is 2.49. The molecule has 0 fully saturated rings. The fourth-order valence-electron chi connectivity index (χ4n) is 1.20. The van der Waals surface area contributed by atoms with Gasteiger partial charge < -0.3 is 0 Å². The van der Waals surface area contributed by atoms with Gasteiger partial charge in [0.05, 0.1) is 5.52 Å². The Hall–Kier alpha value is -1.82. The van der Waals surface area contributed by atoms with E-state index < -0.39 is 0 Å². The summed E-state index contributed by atoms with van der Waals surface area (Å²) in [6, 6.07) is 6.05. The lowest BCUT2D eigenvalue weighted by molar-refractivity contribution is 0.629. The van der Waals surface area contributed by atoms with Crippen molar-refractivity contribution in [3.63, 3.8) is 0 Å². The minimum atomic E-state index is -0.279. The zero-order valence-corrected chi connectivity index (χ0v) is 6.16. The van der Waals surface area contributed by atoms with Gasteiger partial charge in [-0.25, -0.2) is 4.39 Å². The van der Waals surface area contributed by atoms with Crippen molar-refractivity contribution in [3.8, 4) is 6.19 Å². The second-order valence-corrected chi connectivity index (χ2v) is 2.49. The maximum atomic E-state index is 12.7. The molecule has 0 N–H and O–H groups in total. The first-order valence-corrected chi connectivity index (χ1v) is 3.48. The molecule has 0 bridgehead atoms. The van der Waals surface area contributed by atoms with E-state index in [4.69, 9.17) is 5.26 Å². The summed E-state index contributed by atoms with van der Waals surface area (Å²) in [5, 5.41) is 9.36. The number of nitriles is 1. The fraction of sp³-hybridized carbons (Fsp3) is 0. The highest BCUT2D eigenvalue weighted by Gasteiger charge is 1.99. The Bertz CT molecular complexity index is 465. The first-order valence-electron chi connectivity index (χ1n) is 3.48.